The first-order chi connectivity index (χ1) is 5.84. The summed E-state index contributed by atoms with van der Waals surface area (Å²) in [5.74, 6) is 0.936. The van der Waals surface area contributed by atoms with E-state index >= 15 is 0 Å². The van der Waals surface area contributed by atoms with E-state index in [2.05, 4.69) is 29.8 Å². The van der Waals surface area contributed by atoms with Crippen molar-refractivity contribution in [1.82, 2.24) is 5.32 Å². The van der Waals surface area contributed by atoms with Crippen LogP contribution in [-0.2, 0) is 5.41 Å². The van der Waals surface area contributed by atoms with Gasteiger partial charge in [0, 0.05) is 16.3 Å². The molecular weight excluding hydrogens is 166 g/mol. The fraction of sp³-hybridized carbons (Fsp3) is 0.600. The van der Waals surface area contributed by atoms with Crippen molar-refractivity contribution < 1.29 is 0 Å². The standard InChI is InChI=1S/C10H13NS/c1-7-10(5-8(10)6-11-7)9-3-2-4-12-9/h2-4,7-8,11H,5-6H2,1H3/t7-,8+,10+/m1/s1. The van der Waals surface area contributed by atoms with Gasteiger partial charge in [0.15, 0.2) is 0 Å². The van der Waals surface area contributed by atoms with Crippen molar-refractivity contribution >= 4 is 11.3 Å². The molecule has 3 atom stereocenters. The molecule has 1 aliphatic carbocycles. The topological polar surface area (TPSA) is 12.0 Å². The van der Waals surface area contributed by atoms with E-state index in [0.29, 0.717) is 11.5 Å². The quantitative estimate of drug-likeness (QED) is 0.695. The van der Waals surface area contributed by atoms with E-state index in [1.807, 2.05) is 11.3 Å². The molecule has 0 amide bonds. The Bertz CT molecular complexity index is 293. The molecule has 1 aliphatic heterocycles. The molecule has 1 saturated heterocycles. The average molecular weight is 179 g/mol. The van der Waals surface area contributed by atoms with Crippen LogP contribution in [0.4, 0.5) is 0 Å². The number of nitrogens with one attached hydrogen (secondary N) is 1. The van der Waals surface area contributed by atoms with Crippen molar-refractivity contribution in [2.24, 2.45) is 5.92 Å². The van der Waals surface area contributed by atoms with E-state index in [9.17, 15) is 0 Å². The summed E-state index contributed by atoms with van der Waals surface area (Å²) >= 11 is 1.92. The summed E-state index contributed by atoms with van der Waals surface area (Å²) in [7, 11) is 0. The maximum absolute atomic E-state index is 3.55. The summed E-state index contributed by atoms with van der Waals surface area (Å²) < 4.78 is 0. The van der Waals surface area contributed by atoms with Gasteiger partial charge in [0.1, 0.15) is 0 Å². The molecule has 2 heterocycles. The second-order valence-electron chi connectivity index (χ2n) is 4.05. The van der Waals surface area contributed by atoms with Crippen LogP contribution in [0.15, 0.2) is 17.5 Å². The summed E-state index contributed by atoms with van der Waals surface area (Å²) in [6.07, 6.45) is 1.42. The molecule has 0 bridgehead atoms. The first-order valence-electron chi connectivity index (χ1n) is 4.61. The Balaban J connectivity index is 2.03. The van der Waals surface area contributed by atoms with E-state index in [0.717, 1.165) is 5.92 Å². The molecule has 2 heteroatoms. The molecule has 0 unspecified atom stereocenters. The summed E-state index contributed by atoms with van der Waals surface area (Å²) in [6.45, 7) is 3.56. The molecule has 64 valence electrons. The summed E-state index contributed by atoms with van der Waals surface area (Å²) in [4.78, 5) is 1.60. The third-order valence-corrected chi connectivity index (χ3v) is 4.64. The molecule has 1 nitrogen and oxygen atoms in total. The van der Waals surface area contributed by atoms with E-state index in [4.69, 9.17) is 0 Å². The van der Waals surface area contributed by atoms with Crippen LogP contribution in [0, 0.1) is 5.92 Å². The molecule has 1 aromatic rings. The van der Waals surface area contributed by atoms with Gasteiger partial charge in [-0.2, -0.15) is 0 Å². The molecule has 3 rings (SSSR count). The van der Waals surface area contributed by atoms with Crippen LogP contribution in [0.2, 0.25) is 0 Å². The van der Waals surface area contributed by atoms with Gasteiger partial charge < -0.3 is 5.32 Å². The van der Waals surface area contributed by atoms with Gasteiger partial charge >= 0.3 is 0 Å². The molecule has 1 aromatic heterocycles. The molecular formula is C10H13NS. The zero-order valence-electron chi connectivity index (χ0n) is 7.21. The van der Waals surface area contributed by atoms with Crippen LogP contribution >= 0.6 is 11.3 Å². The van der Waals surface area contributed by atoms with Gasteiger partial charge in [-0.05, 0) is 37.3 Å². The SMILES string of the molecule is C[C@H]1NC[C@@H]2C[C@@]21c1cccs1. The highest BCUT2D eigenvalue weighted by molar-refractivity contribution is 7.10. The van der Waals surface area contributed by atoms with Crippen molar-refractivity contribution in [3.8, 4) is 0 Å². The summed E-state index contributed by atoms with van der Waals surface area (Å²) in [6, 6.07) is 5.17. The molecule has 12 heavy (non-hydrogen) atoms. The Morgan fingerprint density at radius 2 is 2.58 bits per heavy atom. The zero-order valence-corrected chi connectivity index (χ0v) is 8.03. The van der Waals surface area contributed by atoms with Crippen LogP contribution < -0.4 is 5.32 Å². The minimum absolute atomic E-state index is 0.550. The number of thiophene rings is 1. The van der Waals surface area contributed by atoms with E-state index < -0.39 is 0 Å². The van der Waals surface area contributed by atoms with Gasteiger partial charge in [0.2, 0.25) is 0 Å². The van der Waals surface area contributed by atoms with Crippen molar-refractivity contribution in [1.29, 1.82) is 0 Å². The van der Waals surface area contributed by atoms with Crippen LogP contribution in [0.3, 0.4) is 0 Å². The average Bonchev–Trinajstić information content (AvgIpc) is 2.49. The lowest BCUT2D eigenvalue weighted by atomic mass is 9.96. The number of hydrogen-bond acceptors (Lipinski definition) is 2. The van der Waals surface area contributed by atoms with Crippen LogP contribution in [0.5, 0.6) is 0 Å². The van der Waals surface area contributed by atoms with Crippen molar-refractivity contribution in [3.63, 3.8) is 0 Å². The van der Waals surface area contributed by atoms with Gasteiger partial charge in [0.05, 0.1) is 0 Å². The molecule has 1 saturated carbocycles. The molecule has 0 radical (unpaired) electrons. The maximum atomic E-state index is 3.55. The smallest absolute Gasteiger partial charge is 0.0242 e. The second kappa shape index (κ2) is 2.12. The lowest BCUT2D eigenvalue weighted by Crippen LogP contribution is -2.30. The van der Waals surface area contributed by atoms with Crippen molar-refractivity contribution in [3.05, 3.63) is 22.4 Å². The molecule has 0 spiro atoms. The normalized spacial score (nSPS) is 44.4. The molecule has 0 aromatic carbocycles. The van der Waals surface area contributed by atoms with E-state index in [1.54, 1.807) is 4.88 Å². The first-order valence-corrected chi connectivity index (χ1v) is 5.49. The molecule has 1 N–H and O–H groups in total. The number of hydrogen-bond donors (Lipinski definition) is 1. The highest BCUT2D eigenvalue weighted by Crippen LogP contribution is 2.60. The van der Waals surface area contributed by atoms with Gasteiger partial charge in [-0.15, -0.1) is 11.3 Å². The minimum Gasteiger partial charge on any atom is -0.313 e. The van der Waals surface area contributed by atoms with E-state index in [-0.39, 0.29) is 0 Å². The fourth-order valence-electron chi connectivity index (χ4n) is 2.69. The van der Waals surface area contributed by atoms with Crippen LogP contribution in [0.1, 0.15) is 18.2 Å². The van der Waals surface area contributed by atoms with Gasteiger partial charge in [-0.1, -0.05) is 6.07 Å². The van der Waals surface area contributed by atoms with Gasteiger partial charge in [-0.3, -0.25) is 0 Å². The van der Waals surface area contributed by atoms with Gasteiger partial charge in [-0.25, -0.2) is 0 Å². The minimum atomic E-state index is 0.550. The number of fused-ring (bicyclic) bond motifs is 1. The monoisotopic (exact) mass is 179 g/mol. The van der Waals surface area contributed by atoms with Crippen LogP contribution in [-0.4, -0.2) is 12.6 Å². The predicted octanol–water partition coefficient (Wildman–Crippen LogP) is 2.00. The van der Waals surface area contributed by atoms with Crippen molar-refractivity contribution in [2.45, 2.75) is 24.8 Å². The summed E-state index contributed by atoms with van der Waals surface area (Å²) in [5.41, 5.74) is 0.550. The Labute approximate surface area is 76.8 Å². The van der Waals surface area contributed by atoms with Crippen LogP contribution in [0.25, 0.3) is 0 Å². The lowest BCUT2D eigenvalue weighted by molar-refractivity contribution is 0.527. The largest absolute Gasteiger partial charge is 0.313 e. The number of rotatable bonds is 1. The summed E-state index contributed by atoms with van der Waals surface area (Å²) in [5, 5.41) is 5.75. The lowest BCUT2D eigenvalue weighted by Gasteiger charge is -2.17. The van der Waals surface area contributed by atoms with E-state index in [1.165, 1.54) is 13.0 Å². The Morgan fingerprint density at radius 3 is 3.08 bits per heavy atom. The maximum Gasteiger partial charge on any atom is 0.0242 e. The number of piperidine rings is 1. The van der Waals surface area contributed by atoms with Gasteiger partial charge in [0.25, 0.3) is 0 Å². The third-order valence-electron chi connectivity index (χ3n) is 3.58. The fourth-order valence-corrected chi connectivity index (χ4v) is 3.80. The highest BCUT2D eigenvalue weighted by Gasteiger charge is 2.62. The Kier molecular flexibility index (Phi) is 1.25. The molecule has 2 fully saturated rings. The first kappa shape index (κ1) is 7.10. The van der Waals surface area contributed by atoms with Crippen molar-refractivity contribution in [2.75, 3.05) is 6.54 Å². The second-order valence-corrected chi connectivity index (χ2v) is 5.00. The molecule has 2 aliphatic rings. The third kappa shape index (κ3) is 0.679. The zero-order chi connectivity index (χ0) is 8.18. The Morgan fingerprint density at radius 1 is 1.67 bits per heavy atom. The predicted molar refractivity (Wildman–Crippen MR) is 51.6 cm³/mol. The Hall–Kier alpha value is -0.340. The highest BCUT2D eigenvalue weighted by atomic mass is 32.1.